The summed E-state index contributed by atoms with van der Waals surface area (Å²) >= 11 is 0. The highest BCUT2D eigenvalue weighted by Gasteiger charge is 2.60. The molecular formula is C26H31NO2. The number of carbonyl (C=O) groups is 1. The van der Waals surface area contributed by atoms with E-state index in [2.05, 4.69) is 36.5 Å². The van der Waals surface area contributed by atoms with Gasteiger partial charge in [-0.2, -0.15) is 0 Å². The molecule has 1 amide bonds. The lowest BCUT2D eigenvalue weighted by molar-refractivity contribution is -0.143. The average molecular weight is 390 g/mol. The summed E-state index contributed by atoms with van der Waals surface area (Å²) in [6.07, 6.45) is 6.87. The summed E-state index contributed by atoms with van der Waals surface area (Å²) in [5.74, 6) is 2.31. The van der Waals surface area contributed by atoms with E-state index in [0.717, 1.165) is 30.7 Å². The number of rotatable bonds is 5. The zero-order chi connectivity index (χ0) is 20.1. The van der Waals surface area contributed by atoms with Gasteiger partial charge in [-0.25, -0.2) is 0 Å². The second-order valence-corrected chi connectivity index (χ2v) is 9.77. The number of amides is 1. The van der Waals surface area contributed by atoms with Crippen molar-refractivity contribution in [2.75, 3.05) is 11.9 Å². The third-order valence-electron chi connectivity index (χ3n) is 7.64. The molecule has 4 aliphatic carbocycles. The van der Waals surface area contributed by atoms with Gasteiger partial charge in [0.15, 0.2) is 0 Å². The van der Waals surface area contributed by atoms with Crippen molar-refractivity contribution in [1.29, 1.82) is 0 Å². The van der Waals surface area contributed by atoms with Crippen molar-refractivity contribution in [2.24, 2.45) is 17.3 Å². The Hall–Kier alpha value is -2.29. The Kier molecular flexibility index (Phi) is 4.45. The maximum atomic E-state index is 13.7. The molecule has 0 saturated heterocycles. The predicted octanol–water partition coefficient (Wildman–Crippen LogP) is 5.87. The maximum Gasteiger partial charge on any atom is 0.230 e. The molecule has 6 rings (SSSR count). The molecule has 4 bridgehead atoms. The Morgan fingerprint density at radius 3 is 2.41 bits per heavy atom. The van der Waals surface area contributed by atoms with Crippen LogP contribution in [0.4, 0.5) is 5.69 Å². The Balaban J connectivity index is 1.46. The fourth-order valence-electron chi connectivity index (χ4n) is 6.88. The topological polar surface area (TPSA) is 38.3 Å². The molecule has 0 aliphatic heterocycles. The number of hydrogen-bond donors (Lipinski definition) is 1. The van der Waals surface area contributed by atoms with E-state index in [1.54, 1.807) is 0 Å². The van der Waals surface area contributed by atoms with Crippen LogP contribution < -0.4 is 10.1 Å². The van der Waals surface area contributed by atoms with Gasteiger partial charge in [-0.3, -0.25) is 4.79 Å². The molecular weight excluding hydrogens is 358 g/mol. The molecule has 152 valence electrons. The van der Waals surface area contributed by atoms with Crippen LogP contribution in [0.1, 0.15) is 56.6 Å². The van der Waals surface area contributed by atoms with Gasteiger partial charge in [-0.05, 0) is 87.3 Å². The Bertz CT molecular complexity index is 903. The van der Waals surface area contributed by atoms with E-state index in [1.807, 2.05) is 31.2 Å². The van der Waals surface area contributed by atoms with Gasteiger partial charge in [0.05, 0.1) is 17.7 Å². The van der Waals surface area contributed by atoms with Gasteiger partial charge in [0.25, 0.3) is 0 Å². The summed E-state index contributed by atoms with van der Waals surface area (Å²) < 4.78 is 5.74. The van der Waals surface area contributed by atoms with Crippen LogP contribution in [0.2, 0.25) is 0 Å². The lowest BCUT2D eigenvalue weighted by Crippen LogP contribution is -2.58. The highest BCUT2D eigenvalue weighted by molar-refractivity contribution is 5.97. The van der Waals surface area contributed by atoms with Crippen LogP contribution in [0.15, 0.2) is 48.5 Å². The van der Waals surface area contributed by atoms with E-state index in [0.29, 0.717) is 18.4 Å². The number of ether oxygens (including phenoxy) is 1. The number of hydrogen-bond acceptors (Lipinski definition) is 2. The van der Waals surface area contributed by atoms with Gasteiger partial charge in [0, 0.05) is 0 Å². The van der Waals surface area contributed by atoms with Crippen molar-refractivity contribution in [2.45, 2.75) is 57.8 Å². The number of nitrogens with one attached hydrogen (secondary N) is 1. The molecule has 29 heavy (non-hydrogen) atoms. The van der Waals surface area contributed by atoms with Crippen LogP contribution in [0, 0.1) is 24.2 Å². The van der Waals surface area contributed by atoms with E-state index in [-0.39, 0.29) is 16.7 Å². The summed E-state index contributed by atoms with van der Waals surface area (Å²) in [6.45, 7) is 4.72. The van der Waals surface area contributed by atoms with Crippen molar-refractivity contribution in [3.05, 3.63) is 59.7 Å². The van der Waals surface area contributed by atoms with E-state index in [9.17, 15) is 4.79 Å². The van der Waals surface area contributed by atoms with Crippen molar-refractivity contribution in [3.8, 4) is 5.75 Å². The monoisotopic (exact) mass is 389 g/mol. The third-order valence-corrected chi connectivity index (χ3v) is 7.64. The molecule has 0 heterocycles. The van der Waals surface area contributed by atoms with Gasteiger partial charge in [-0.15, -0.1) is 0 Å². The molecule has 2 aromatic carbocycles. The molecule has 4 aliphatic rings. The molecule has 1 N–H and O–H groups in total. The van der Waals surface area contributed by atoms with E-state index < -0.39 is 0 Å². The lowest BCUT2D eigenvalue weighted by Gasteiger charge is -2.61. The summed E-state index contributed by atoms with van der Waals surface area (Å²) in [7, 11) is 0. The number of benzene rings is 2. The van der Waals surface area contributed by atoms with Crippen molar-refractivity contribution >= 4 is 11.6 Å². The second kappa shape index (κ2) is 6.90. The molecule has 4 fully saturated rings. The van der Waals surface area contributed by atoms with Crippen molar-refractivity contribution in [3.63, 3.8) is 0 Å². The van der Waals surface area contributed by atoms with Crippen molar-refractivity contribution in [1.82, 2.24) is 0 Å². The molecule has 0 radical (unpaired) electrons. The fourth-order valence-corrected chi connectivity index (χ4v) is 6.88. The fraction of sp³-hybridized carbons (Fsp3) is 0.500. The molecule has 0 aromatic heterocycles. The van der Waals surface area contributed by atoms with Crippen LogP contribution in [0.5, 0.6) is 5.75 Å². The minimum atomic E-state index is -0.242. The Morgan fingerprint density at radius 2 is 1.72 bits per heavy atom. The van der Waals surface area contributed by atoms with E-state index >= 15 is 0 Å². The first-order chi connectivity index (χ1) is 14.0. The lowest BCUT2D eigenvalue weighted by atomic mass is 9.42. The highest BCUT2D eigenvalue weighted by atomic mass is 16.5. The average Bonchev–Trinajstić information content (AvgIpc) is 2.69. The zero-order valence-corrected chi connectivity index (χ0v) is 17.5. The maximum absolute atomic E-state index is 13.7. The molecule has 2 atom stereocenters. The Morgan fingerprint density at radius 1 is 1.03 bits per heavy atom. The van der Waals surface area contributed by atoms with Crippen LogP contribution in [-0.2, 0) is 10.2 Å². The first-order valence-corrected chi connectivity index (χ1v) is 11.1. The second-order valence-electron chi connectivity index (χ2n) is 9.77. The summed E-state index contributed by atoms with van der Waals surface area (Å²) in [6, 6.07) is 16.9. The predicted molar refractivity (Wildman–Crippen MR) is 116 cm³/mol. The highest BCUT2D eigenvalue weighted by Crippen LogP contribution is 2.66. The largest absolute Gasteiger partial charge is 0.492 e. The number of carbonyl (C=O) groups excluding carboxylic acids is 1. The van der Waals surface area contributed by atoms with Gasteiger partial charge in [-0.1, -0.05) is 42.0 Å². The normalized spacial score (nSPS) is 32.2. The number of anilines is 1. The Labute approximate surface area is 173 Å². The first kappa shape index (κ1) is 18.7. The van der Waals surface area contributed by atoms with Crippen LogP contribution in [-0.4, -0.2) is 12.5 Å². The summed E-state index contributed by atoms with van der Waals surface area (Å²) in [4.78, 5) is 13.7. The van der Waals surface area contributed by atoms with Crippen LogP contribution in [0.3, 0.4) is 0 Å². The molecule has 2 aromatic rings. The van der Waals surface area contributed by atoms with Crippen LogP contribution >= 0.6 is 0 Å². The SMILES string of the molecule is CCOc1ccccc1NC(=O)C12C[C@H]3C[C@H](C1)CC(c1ccc(C)cc1)(C3)C2. The standard InChI is InChI=1S/C26H31NO2/c1-3-29-23-7-5-4-6-22(23)27-24(28)26-15-19-12-20(16-26)14-25(13-19,17-26)21-10-8-18(2)9-11-21/h4-11,19-20H,3,12-17H2,1-2H3,(H,27,28)/t19-,20-,25?,26?/m0/s1. The zero-order valence-electron chi connectivity index (χ0n) is 17.5. The van der Waals surface area contributed by atoms with E-state index in [4.69, 9.17) is 4.74 Å². The quantitative estimate of drug-likeness (QED) is 0.694. The van der Waals surface area contributed by atoms with Crippen LogP contribution in [0.25, 0.3) is 0 Å². The van der Waals surface area contributed by atoms with E-state index in [1.165, 1.54) is 30.4 Å². The molecule has 3 heteroatoms. The van der Waals surface area contributed by atoms with Gasteiger partial charge in [0.1, 0.15) is 5.75 Å². The molecule has 3 nitrogen and oxygen atoms in total. The third kappa shape index (κ3) is 3.15. The molecule has 0 unspecified atom stereocenters. The minimum absolute atomic E-state index is 0.175. The van der Waals surface area contributed by atoms with Gasteiger partial charge in [0.2, 0.25) is 5.91 Å². The number of aryl methyl sites for hydroxylation is 1. The van der Waals surface area contributed by atoms with Gasteiger partial charge >= 0.3 is 0 Å². The molecule has 4 saturated carbocycles. The summed E-state index contributed by atoms with van der Waals surface area (Å²) in [5, 5.41) is 3.27. The van der Waals surface area contributed by atoms with Gasteiger partial charge < -0.3 is 10.1 Å². The first-order valence-electron chi connectivity index (χ1n) is 11.1. The number of para-hydroxylation sites is 2. The summed E-state index contributed by atoms with van der Waals surface area (Å²) in [5.41, 5.74) is 3.49. The molecule has 0 spiro atoms. The minimum Gasteiger partial charge on any atom is -0.492 e. The smallest absolute Gasteiger partial charge is 0.230 e. The van der Waals surface area contributed by atoms with Crippen molar-refractivity contribution < 1.29 is 9.53 Å².